The number of hydrogen-bond acceptors (Lipinski definition) is 4. The number of benzene rings is 2. The first-order valence-electron chi connectivity index (χ1n) is 7.12. The van der Waals surface area contributed by atoms with Gasteiger partial charge in [-0.3, -0.25) is 0 Å². The Morgan fingerprint density at radius 2 is 2.13 bits per heavy atom. The van der Waals surface area contributed by atoms with Gasteiger partial charge in [0.05, 0.1) is 11.0 Å². The lowest BCUT2D eigenvalue weighted by Crippen LogP contribution is -1.94. The number of anilines is 2. The largest absolute Gasteiger partial charge is 0.325 e. The van der Waals surface area contributed by atoms with E-state index in [1.54, 1.807) is 11.3 Å². The number of hydrogen-bond donors (Lipinski definition) is 2. The van der Waals surface area contributed by atoms with E-state index in [4.69, 9.17) is 11.6 Å². The number of thiazole rings is 1. The van der Waals surface area contributed by atoms with E-state index in [2.05, 4.69) is 26.3 Å². The van der Waals surface area contributed by atoms with Crippen LogP contribution in [-0.2, 0) is 0 Å². The molecule has 2 heterocycles. The van der Waals surface area contributed by atoms with Gasteiger partial charge in [-0.1, -0.05) is 17.7 Å². The molecule has 0 amide bonds. The van der Waals surface area contributed by atoms with Crippen molar-refractivity contribution in [3.05, 3.63) is 58.6 Å². The molecule has 0 spiro atoms. The summed E-state index contributed by atoms with van der Waals surface area (Å²) in [6, 6.07) is 11.9. The van der Waals surface area contributed by atoms with Gasteiger partial charge >= 0.3 is 0 Å². The van der Waals surface area contributed by atoms with E-state index in [0.29, 0.717) is 5.95 Å². The molecule has 0 aliphatic carbocycles. The lowest BCUT2D eigenvalue weighted by Gasteiger charge is -2.07. The van der Waals surface area contributed by atoms with Crippen LogP contribution in [0.3, 0.4) is 0 Å². The Labute approximate surface area is 142 Å². The highest BCUT2D eigenvalue weighted by molar-refractivity contribution is 7.13. The van der Waals surface area contributed by atoms with E-state index in [-0.39, 0.29) is 0 Å². The summed E-state index contributed by atoms with van der Waals surface area (Å²) in [6.45, 7) is 1.98. The molecule has 2 aromatic heterocycles. The summed E-state index contributed by atoms with van der Waals surface area (Å²) in [5.41, 5.74) is 4.91. The molecule has 0 saturated carbocycles. The van der Waals surface area contributed by atoms with Crippen LogP contribution in [0.5, 0.6) is 0 Å². The second-order valence-electron chi connectivity index (χ2n) is 5.19. The number of rotatable bonds is 3. The molecule has 0 aliphatic rings. The van der Waals surface area contributed by atoms with E-state index in [0.717, 1.165) is 37.9 Å². The van der Waals surface area contributed by atoms with Gasteiger partial charge in [0.2, 0.25) is 5.95 Å². The van der Waals surface area contributed by atoms with Gasteiger partial charge in [0, 0.05) is 27.9 Å². The number of aromatic nitrogens is 3. The summed E-state index contributed by atoms with van der Waals surface area (Å²) >= 11 is 7.78. The van der Waals surface area contributed by atoms with E-state index in [1.807, 2.05) is 48.8 Å². The van der Waals surface area contributed by atoms with Crippen molar-refractivity contribution in [3.8, 4) is 10.6 Å². The van der Waals surface area contributed by atoms with E-state index in [1.165, 1.54) is 0 Å². The Balaban J connectivity index is 1.70. The highest BCUT2D eigenvalue weighted by Crippen LogP contribution is 2.28. The second kappa shape index (κ2) is 5.68. The second-order valence-corrected chi connectivity index (χ2v) is 6.49. The van der Waals surface area contributed by atoms with Crippen LogP contribution < -0.4 is 5.32 Å². The maximum atomic E-state index is 6.16. The molecular weight excluding hydrogens is 328 g/mol. The summed E-state index contributed by atoms with van der Waals surface area (Å²) < 4.78 is 0. The molecule has 0 saturated heterocycles. The van der Waals surface area contributed by atoms with Crippen molar-refractivity contribution >= 4 is 45.6 Å². The van der Waals surface area contributed by atoms with Gasteiger partial charge in [0.1, 0.15) is 5.01 Å². The summed E-state index contributed by atoms with van der Waals surface area (Å²) in [4.78, 5) is 12.2. The Morgan fingerprint density at radius 1 is 1.22 bits per heavy atom. The van der Waals surface area contributed by atoms with Gasteiger partial charge in [0.15, 0.2) is 0 Å². The molecule has 2 aromatic carbocycles. The van der Waals surface area contributed by atoms with Crippen molar-refractivity contribution in [3.63, 3.8) is 0 Å². The third-order valence-electron chi connectivity index (χ3n) is 3.68. The molecule has 2 N–H and O–H groups in total. The normalized spacial score (nSPS) is 11.0. The summed E-state index contributed by atoms with van der Waals surface area (Å²) in [5.74, 6) is 0.696. The lowest BCUT2D eigenvalue weighted by atomic mass is 10.2. The number of nitrogens with zero attached hydrogens (tertiary/aromatic N) is 2. The quantitative estimate of drug-likeness (QED) is 0.525. The fourth-order valence-corrected chi connectivity index (χ4v) is 3.25. The van der Waals surface area contributed by atoms with Gasteiger partial charge < -0.3 is 10.3 Å². The average molecular weight is 341 g/mol. The van der Waals surface area contributed by atoms with Crippen molar-refractivity contribution in [2.75, 3.05) is 5.32 Å². The van der Waals surface area contributed by atoms with Crippen molar-refractivity contribution in [2.45, 2.75) is 6.92 Å². The van der Waals surface area contributed by atoms with Crippen LogP contribution in [0.25, 0.3) is 21.6 Å². The SMILES string of the molecule is Cc1c(Cl)cccc1Nc1nc2ccc(-c3nccs3)cc2[nH]1. The lowest BCUT2D eigenvalue weighted by molar-refractivity contribution is 1.29. The van der Waals surface area contributed by atoms with Crippen molar-refractivity contribution < 1.29 is 0 Å². The minimum Gasteiger partial charge on any atom is -0.325 e. The molecule has 23 heavy (non-hydrogen) atoms. The van der Waals surface area contributed by atoms with Gasteiger partial charge in [-0.2, -0.15) is 0 Å². The zero-order valence-corrected chi connectivity index (χ0v) is 13.9. The highest BCUT2D eigenvalue weighted by atomic mass is 35.5. The summed E-state index contributed by atoms with van der Waals surface area (Å²) in [5, 5.41) is 7.00. The third-order valence-corrected chi connectivity index (χ3v) is 4.91. The molecule has 0 unspecified atom stereocenters. The predicted octanol–water partition coefficient (Wildman–Crippen LogP) is 5.39. The van der Waals surface area contributed by atoms with Gasteiger partial charge in [-0.15, -0.1) is 11.3 Å². The Hall–Kier alpha value is -2.37. The molecule has 4 aromatic rings. The first-order chi connectivity index (χ1) is 11.2. The highest BCUT2D eigenvalue weighted by Gasteiger charge is 2.08. The van der Waals surface area contributed by atoms with Gasteiger partial charge in [-0.25, -0.2) is 9.97 Å². The molecule has 0 aliphatic heterocycles. The van der Waals surface area contributed by atoms with Crippen LogP contribution in [0, 0.1) is 6.92 Å². The van der Waals surface area contributed by atoms with E-state index >= 15 is 0 Å². The van der Waals surface area contributed by atoms with Gasteiger partial charge in [-0.05, 0) is 42.8 Å². The summed E-state index contributed by atoms with van der Waals surface area (Å²) in [6.07, 6.45) is 1.81. The molecule has 6 heteroatoms. The minimum absolute atomic E-state index is 0.696. The number of aromatic amines is 1. The first kappa shape index (κ1) is 14.2. The molecule has 0 atom stereocenters. The van der Waals surface area contributed by atoms with Crippen molar-refractivity contribution in [2.24, 2.45) is 0 Å². The molecule has 0 fully saturated rings. The molecule has 114 valence electrons. The number of fused-ring (bicyclic) bond motifs is 1. The van der Waals surface area contributed by atoms with Gasteiger partial charge in [0.25, 0.3) is 0 Å². The zero-order chi connectivity index (χ0) is 15.8. The third kappa shape index (κ3) is 2.69. The first-order valence-corrected chi connectivity index (χ1v) is 8.38. The molecular formula is C17H13ClN4S. The standard InChI is InChI=1S/C17H13ClN4S/c1-10-12(18)3-2-4-13(10)20-17-21-14-6-5-11(9-15(14)22-17)16-19-7-8-23-16/h2-9H,1H3,(H2,20,21,22). The Kier molecular flexibility index (Phi) is 3.52. The minimum atomic E-state index is 0.696. The fourth-order valence-electron chi connectivity index (χ4n) is 2.44. The van der Waals surface area contributed by atoms with E-state index < -0.39 is 0 Å². The number of H-pyrrole nitrogens is 1. The summed E-state index contributed by atoms with van der Waals surface area (Å²) in [7, 11) is 0. The van der Waals surface area contributed by atoms with Crippen LogP contribution in [0.15, 0.2) is 48.0 Å². The maximum absolute atomic E-state index is 6.16. The van der Waals surface area contributed by atoms with Crippen molar-refractivity contribution in [1.82, 2.24) is 15.0 Å². The molecule has 4 nitrogen and oxygen atoms in total. The van der Waals surface area contributed by atoms with Crippen LogP contribution >= 0.6 is 22.9 Å². The smallest absolute Gasteiger partial charge is 0.205 e. The monoisotopic (exact) mass is 340 g/mol. The Bertz CT molecular complexity index is 976. The predicted molar refractivity (Wildman–Crippen MR) is 96.7 cm³/mol. The van der Waals surface area contributed by atoms with E-state index in [9.17, 15) is 0 Å². The molecule has 4 rings (SSSR count). The maximum Gasteiger partial charge on any atom is 0.205 e. The zero-order valence-electron chi connectivity index (χ0n) is 12.3. The van der Waals surface area contributed by atoms with Crippen LogP contribution in [-0.4, -0.2) is 15.0 Å². The van der Waals surface area contributed by atoms with Crippen LogP contribution in [0.1, 0.15) is 5.56 Å². The number of halogens is 1. The molecule has 0 bridgehead atoms. The average Bonchev–Trinajstić information content (AvgIpc) is 3.20. The Morgan fingerprint density at radius 3 is 2.96 bits per heavy atom. The van der Waals surface area contributed by atoms with Crippen molar-refractivity contribution in [1.29, 1.82) is 0 Å². The number of imidazole rings is 1. The molecule has 0 radical (unpaired) electrons. The van der Waals surface area contributed by atoms with Crippen LogP contribution in [0.2, 0.25) is 5.02 Å². The topological polar surface area (TPSA) is 53.6 Å². The van der Waals surface area contributed by atoms with Crippen LogP contribution in [0.4, 0.5) is 11.6 Å². The number of nitrogens with one attached hydrogen (secondary N) is 2. The fraction of sp³-hybridized carbons (Fsp3) is 0.0588.